The summed E-state index contributed by atoms with van der Waals surface area (Å²) in [6.45, 7) is 0. The van der Waals surface area contributed by atoms with E-state index in [0.717, 1.165) is 45.1 Å². The Bertz CT molecular complexity index is 1090. The maximum Gasteiger partial charge on any atom is 0.328 e. The molecule has 28 heavy (non-hydrogen) atoms. The Hall–Kier alpha value is -4.06. The summed E-state index contributed by atoms with van der Waals surface area (Å²) >= 11 is 0. The van der Waals surface area contributed by atoms with Gasteiger partial charge in [0.25, 0.3) is 0 Å². The molecule has 0 saturated carbocycles. The van der Waals surface area contributed by atoms with Crippen LogP contribution in [0.25, 0.3) is 34.0 Å². The zero-order valence-electron chi connectivity index (χ0n) is 14.8. The molecular weight excluding hydrogens is 356 g/mol. The van der Waals surface area contributed by atoms with E-state index in [-0.39, 0.29) is 0 Å². The van der Waals surface area contributed by atoms with E-state index in [1.807, 2.05) is 48.5 Å². The fraction of sp³-hybridized carbons (Fsp3) is 0. The fourth-order valence-corrected chi connectivity index (χ4v) is 2.79. The van der Waals surface area contributed by atoms with Crippen LogP contribution >= 0.6 is 0 Å². The molecule has 2 aromatic heterocycles. The number of rotatable bonds is 4. The lowest BCUT2D eigenvalue weighted by atomic mass is 10.1. The molecule has 0 amide bonds. The smallest absolute Gasteiger partial charge is 0.328 e. The van der Waals surface area contributed by atoms with Crippen LogP contribution in [0.3, 0.4) is 0 Å². The molecule has 4 N–H and O–H groups in total. The van der Waals surface area contributed by atoms with Gasteiger partial charge < -0.3 is 20.2 Å². The van der Waals surface area contributed by atoms with Gasteiger partial charge in [-0.05, 0) is 35.4 Å². The molecule has 4 rings (SSSR count). The number of fused-ring (bicyclic) bond motifs is 2. The van der Waals surface area contributed by atoms with Crippen LogP contribution in [0.2, 0.25) is 0 Å². The standard InChI is InChI=1S/2C11H9NO2/c2*13-11(14)6-5-8-7-12-10-4-2-1-3-9(8)10/h2*1-7,12H,(H,13,14)/b2*6-5+. The Morgan fingerprint density at radius 3 is 1.46 bits per heavy atom. The third-order valence-electron chi connectivity index (χ3n) is 4.05. The molecule has 6 heteroatoms. The number of hydrogen-bond acceptors (Lipinski definition) is 2. The van der Waals surface area contributed by atoms with Crippen LogP contribution in [0, 0.1) is 0 Å². The first-order valence-corrected chi connectivity index (χ1v) is 8.49. The summed E-state index contributed by atoms with van der Waals surface area (Å²) in [4.78, 5) is 26.8. The van der Waals surface area contributed by atoms with Gasteiger partial charge in [0.15, 0.2) is 0 Å². The molecule has 0 fully saturated rings. The van der Waals surface area contributed by atoms with Gasteiger partial charge in [0.2, 0.25) is 0 Å². The van der Waals surface area contributed by atoms with Crippen molar-refractivity contribution in [2.24, 2.45) is 0 Å². The molecule has 2 aromatic carbocycles. The van der Waals surface area contributed by atoms with Gasteiger partial charge in [-0.1, -0.05) is 36.4 Å². The van der Waals surface area contributed by atoms with Crippen molar-refractivity contribution in [3.63, 3.8) is 0 Å². The van der Waals surface area contributed by atoms with E-state index in [4.69, 9.17) is 10.2 Å². The van der Waals surface area contributed by atoms with Gasteiger partial charge in [-0.25, -0.2) is 9.59 Å². The number of H-pyrrole nitrogens is 2. The molecule has 0 aliphatic heterocycles. The number of hydrogen-bond donors (Lipinski definition) is 4. The molecule has 0 spiro atoms. The molecule has 0 aliphatic carbocycles. The molecule has 0 unspecified atom stereocenters. The Balaban J connectivity index is 0.000000161. The number of nitrogens with one attached hydrogen (secondary N) is 2. The lowest BCUT2D eigenvalue weighted by molar-refractivity contribution is -0.132. The van der Waals surface area contributed by atoms with Crippen LogP contribution in [0.4, 0.5) is 0 Å². The summed E-state index contributed by atoms with van der Waals surface area (Å²) in [5.41, 5.74) is 3.81. The molecule has 0 bridgehead atoms. The van der Waals surface area contributed by atoms with Crippen molar-refractivity contribution in [2.45, 2.75) is 0 Å². The number of benzene rings is 2. The van der Waals surface area contributed by atoms with Gasteiger partial charge in [0, 0.05) is 46.4 Å². The minimum Gasteiger partial charge on any atom is -0.478 e. The average Bonchev–Trinajstić information content (AvgIpc) is 3.29. The first-order chi connectivity index (χ1) is 13.5. The molecule has 140 valence electrons. The summed E-state index contributed by atoms with van der Waals surface area (Å²) in [5.74, 6) is -1.87. The largest absolute Gasteiger partial charge is 0.478 e. The van der Waals surface area contributed by atoms with Crippen LogP contribution in [0.15, 0.2) is 73.1 Å². The summed E-state index contributed by atoms with van der Waals surface area (Å²) in [6.07, 6.45) is 9.03. The van der Waals surface area contributed by atoms with Crippen molar-refractivity contribution in [3.05, 3.63) is 84.2 Å². The lowest BCUT2D eigenvalue weighted by Gasteiger charge is -1.89. The minimum absolute atomic E-state index is 0.892. The van der Waals surface area contributed by atoms with Gasteiger partial charge in [0.05, 0.1) is 0 Å². The number of aromatic amines is 2. The maximum atomic E-state index is 10.3. The number of carboxylic acids is 2. The second kappa shape index (κ2) is 8.55. The van der Waals surface area contributed by atoms with E-state index in [2.05, 4.69) is 9.97 Å². The molecule has 4 aromatic rings. The second-order valence-electron chi connectivity index (χ2n) is 5.92. The number of carboxylic acid groups (broad SMARTS) is 2. The van der Waals surface area contributed by atoms with E-state index in [1.165, 1.54) is 0 Å². The van der Waals surface area contributed by atoms with Gasteiger partial charge in [-0.15, -0.1) is 0 Å². The summed E-state index contributed by atoms with van der Waals surface area (Å²) in [6, 6.07) is 15.5. The highest BCUT2D eigenvalue weighted by Gasteiger charge is 2.00. The van der Waals surface area contributed by atoms with Crippen LogP contribution in [0.1, 0.15) is 11.1 Å². The van der Waals surface area contributed by atoms with Crippen LogP contribution in [-0.4, -0.2) is 32.1 Å². The van der Waals surface area contributed by atoms with Crippen LogP contribution in [-0.2, 0) is 9.59 Å². The molecular formula is C22H18N2O4. The molecule has 0 saturated heterocycles. The highest BCUT2D eigenvalue weighted by atomic mass is 16.4. The van der Waals surface area contributed by atoms with Crippen molar-refractivity contribution in [3.8, 4) is 0 Å². The Morgan fingerprint density at radius 1 is 0.679 bits per heavy atom. The Morgan fingerprint density at radius 2 is 1.07 bits per heavy atom. The van der Waals surface area contributed by atoms with Crippen LogP contribution in [0.5, 0.6) is 0 Å². The summed E-state index contributed by atoms with van der Waals surface area (Å²) in [7, 11) is 0. The van der Waals surface area contributed by atoms with Crippen molar-refractivity contribution in [2.75, 3.05) is 0 Å². The SMILES string of the molecule is O=C(O)/C=C/c1c[nH]c2ccccc12.O=C(O)/C=C/c1c[nH]c2ccccc12. The van der Waals surface area contributed by atoms with E-state index in [0.29, 0.717) is 0 Å². The minimum atomic E-state index is -0.935. The number of aliphatic carboxylic acids is 2. The van der Waals surface area contributed by atoms with Gasteiger partial charge >= 0.3 is 11.9 Å². The third-order valence-corrected chi connectivity index (χ3v) is 4.05. The van der Waals surface area contributed by atoms with Crippen molar-refractivity contribution in [1.82, 2.24) is 9.97 Å². The monoisotopic (exact) mass is 374 g/mol. The van der Waals surface area contributed by atoms with Crippen molar-refractivity contribution in [1.29, 1.82) is 0 Å². The van der Waals surface area contributed by atoms with E-state index in [1.54, 1.807) is 24.5 Å². The lowest BCUT2D eigenvalue weighted by Crippen LogP contribution is -1.84. The van der Waals surface area contributed by atoms with Gasteiger partial charge in [-0.2, -0.15) is 0 Å². The van der Waals surface area contributed by atoms with Crippen LogP contribution < -0.4 is 0 Å². The highest BCUT2D eigenvalue weighted by Crippen LogP contribution is 2.19. The molecule has 0 atom stereocenters. The zero-order chi connectivity index (χ0) is 19.9. The van der Waals surface area contributed by atoms with Gasteiger partial charge in [-0.3, -0.25) is 0 Å². The fourth-order valence-electron chi connectivity index (χ4n) is 2.79. The first-order valence-electron chi connectivity index (χ1n) is 8.49. The van der Waals surface area contributed by atoms with E-state index >= 15 is 0 Å². The highest BCUT2D eigenvalue weighted by molar-refractivity contribution is 5.94. The van der Waals surface area contributed by atoms with E-state index in [9.17, 15) is 9.59 Å². The zero-order valence-corrected chi connectivity index (χ0v) is 14.8. The third kappa shape index (κ3) is 4.56. The Kier molecular flexibility index (Phi) is 5.72. The van der Waals surface area contributed by atoms with Crippen molar-refractivity contribution < 1.29 is 19.8 Å². The number of para-hydroxylation sites is 2. The first kappa shape index (κ1) is 18.7. The second-order valence-corrected chi connectivity index (χ2v) is 5.92. The molecule has 0 radical (unpaired) electrons. The quantitative estimate of drug-likeness (QED) is 0.394. The Labute approximate surface area is 160 Å². The molecule has 6 nitrogen and oxygen atoms in total. The maximum absolute atomic E-state index is 10.3. The van der Waals surface area contributed by atoms with E-state index < -0.39 is 11.9 Å². The summed E-state index contributed by atoms with van der Waals surface area (Å²) in [5, 5.41) is 19.0. The number of aromatic nitrogens is 2. The van der Waals surface area contributed by atoms with Gasteiger partial charge in [0.1, 0.15) is 0 Å². The predicted molar refractivity (Wildman–Crippen MR) is 110 cm³/mol. The number of carbonyl (C=O) groups is 2. The van der Waals surface area contributed by atoms with Crippen molar-refractivity contribution >= 4 is 45.9 Å². The normalized spacial score (nSPS) is 11.1. The molecule has 2 heterocycles. The molecule has 0 aliphatic rings. The predicted octanol–water partition coefficient (Wildman–Crippen LogP) is 4.53. The topological polar surface area (TPSA) is 106 Å². The summed E-state index contributed by atoms with van der Waals surface area (Å²) < 4.78 is 0. The average molecular weight is 374 g/mol.